The maximum Gasteiger partial charge on any atom is 0.416 e. The van der Waals surface area contributed by atoms with Crippen LogP contribution in [0.25, 0.3) is 6.08 Å². The van der Waals surface area contributed by atoms with Crippen LogP contribution in [0.5, 0.6) is 0 Å². The largest absolute Gasteiger partial charge is 0.443 e. The molecule has 0 radical (unpaired) electrons. The maximum atomic E-state index is 12.3. The fourth-order valence-electron chi connectivity index (χ4n) is 1.52. The summed E-state index contributed by atoms with van der Waals surface area (Å²) in [5, 5.41) is 0. The molecule has 1 rings (SSSR count). The second-order valence-electron chi connectivity index (χ2n) is 5.15. The molecule has 108 valence electrons. The molecule has 0 aliphatic rings. The first-order chi connectivity index (χ1) is 9.28. The Kier molecular flexibility index (Phi) is 5.51. The van der Waals surface area contributed by atoms with Crippen molar-refractivity contribution in [2.75, 3.05) is 11.4 Å². The first kappa shape index (κ1) is 16.4. The van der Waals surface area contributed by atoms with E-state index in [9.17, 15) is 4.79 Å². The van der Waals surface area contributed by atoms with Gasteiger partial charge in [-0.25, -0.2) is 9.78 Å². The average Bonchev–Trinajstić information content (AvgIpc) is 2.34. The van der Waals surface area contributed by atoms with Gasteiger partial charge in [-0.15, -0.1) is 6.58 Å². The molecule has 20 heavy (non-hydrogen) atoms. The summed E-state index contributed by atoms with van der Waals surface area (Å²) in [5.74, 6) is 0.498. The molecular formula is C15H19BrN2O2. The van der Waals surface area contributed by atoms with Crippen molar-refractivity contribution < 1.29 is 9.53 Å². The highest BCUT2D eigenvalue weighted by Crippen LogP contribution is 2.24. The Labute approximate surface area is 128 Å². The summed E-state index contributed by atoms with van der Waals surface area (Å²) in [4.78, 5) is 18.0. The van der Waals surface area contributed by atoms with Gasteiger partial charge in [-0.3, -0.25) is 4.90 Å². The van der Waals surface area contributed by atoms with Crippen molar-refractivity contribution in [2.24, 2.45) is 0 Å². The molecule has 0 fully saturated rings. The minimum absolute atomic E-state index is 0.310. The van der Waals surface area contributed by atoms with Crippen molar-refractivity contribution in [1.82, 2.24) is 4.98 Å². The number of halogens is 1. The summed E-state index contributed by atoms with van der Waals surface area (Å²) in [6, 6.07) is 1.84. The molecular weight excluding hydrogens is 320 g/mol. The fourth-order valence-corrected chi connectivity index (χ4v) is 1.87. The molecule has 0 aliphatic heterocycles. The van der Waals surface area contributed by atoms with Crippen LogP contribution in [-0.2, 0) is 4.74 Å². The number of amides is 1. The highest BCUT2D eigenvalue weighted by molar-refractivity contribution is 9.10. The predicted octanol–water partition coefficient (Wildman–Crippen LogP) is 4.41. The Hall–Kier alpha value is -1.62. The molecule has 0 bridgehead atoms. The Morgan fingerprint density at radius 2 is 2.15 bits per heavy atom. The normalized spacial score (nSPS) is 10.8. The number of nitrogens with zero attached hydrogens (tertiary/aromatic N) is 2. The topological polar surface area (TPSA) is 42.4 Å². The van der Waals surface area contributed by atoms with Crippen LogP contribution < -0.4 is 4.90 Å². The van der Waals surface area contributed by atoms with Crippen LogP contribution in [0.15, 0.2) is 36.0 Å². The summed E-state index contributed by atoms with van der Waals surface area (Å²) in [6.45, 7) is 13.2. The number of carbonyl (C=O) groups excluding carboxylic acids is 1. The molecule has 0 atom stereocenters. The van der Waals surface area contributed by atoms with Gasteiger partial charge in [0, 0.05) is 22.8 Å². The summed E-state index contributed by atoms with van der Waals surface area (Å²) in [7, 11) is 0. The van der Waals surface area contributed by atoms with Crippen molar-refractivity contribution >= 4 is 33.9 Å². The van der Waals surface area contributed by atoms with Gasteiger partial charge in [0.25, 0.3) is 0 Å². The molecule has 4 nitrogen and oxygen atoms in total. The summed E-state index contributed by atoms with van der Waals surface area (Å²) in [6.07, 6.45) is 4.44. The lowest BCUT2D eigenvalue weighted by molar-refractivity contribution is 0.0583. The van der Waals surface area contributed by atoms with E-state index in [-0.39, 0.29) is 0 Å². The van der Waals surface area contributed by atoms with Gasteiger partial charge in [-0.1, -0.05) is 18.7 Å². The molecule has 0 aliphatic carbocycles. The van der Waals surface area contributed by atoms with E-state index in [1.807, 2.05) is 26.8 Å². The first-order valence-electron chi connectivity index (χ1n) is 6.18. The van der Waals surface area contributed by atoms with Crippen molar-refractivity contribution in [3.05, 3.63) is 41.5 Å². The van der Waals surface area contributed by atoms with Gasteiger partial charge < -0.3 is 4.74 Å². The highest BCUT2D eigenvalue weighted by Gasteiger charge is 2.24. The smallest absolute Gasteiger partial charge is 0.416 e. The molecule has 0 saturated carbocycles. The maximum absolute atomic E-state index is 12.3. The number of aromatic nitrogens is 1. The number of hydrogen-bond acceptors (Lipinski definition) is 3. The van der Waals surface area contributed by atoms with E-state index in [2.05, 4.69) is 34.1 Å². The Morgan fingerprint density at radius 3 is 2.65 bits per heavy atom. The zero-order valence-electron chi connectivity index (χ0n) is 12.0. The van der Waals surface area contributed by atoms with Gasteiger partial charge in [-0.05, 0) is 42.8 Å². The Bertz CT molecular complexity index is 521. The second kappa shape index (κ2) is 6.70. The van der Waals surface area contributed by atoms with Crippen LogP contribution in [0.4, 0.5) is 10.6 Å². The van der Waals surface area contributed by atoms with E-state index in [0.717, 1.165) is 10.0 Å². The molecule has 0 N–H and O–H groups in total. The van der Waals surface area contributed by atoms with E-state index in [1.165, 1.54) is 4.90 Å². The number of anilines is 1. The summed E-state index contributed by atoms with van der Waals surface area (Å²) in [5.41, 5.74) is 0.173. The summed E-state index contributed by atoms with van der Waals surface area (Å²) < 4.78 is 6.21. The Balaban J connectivity index is 3.17. The van der Waals surface area contributed by atoms with Crippen molar-refractivity contribution in [3.8, 4) is 0 Å². The lowest BCUT2D eigenvalue weighted by atomic mass is 10.2. The fraction of sp³-hybridized carbons (Fsp3) is 0.333. The quantitative estimate of drug-likeness (QED) is 0.763. The van der Waals surface area contributed by atoms with Crippen molar-refractivity contribution in [2.45, 2.75) is 26.4 Å². The van der Waals surface area contributed by atoms with Gasteiger partial charge in [0.2, 0.25) is 0 Å². The molecule has 1 aromatic rings. The van der Waals surface area contributed by atoms with Gasteiger partial charge in [0.1, 0.15) is 11.4 Å². The third-order valence-electron chi connectivity index (χ3n) is 2.26. The van der Waals surface area contributed by atoms with E-state index in [4.69, 9.17) is 4.74 Å². The number of ether oxygens (including phenoxy) is 1. The molecule has 1 heterocycles. The molecule has 0 unspecified atom stereocenters. The van der Waals surface area contributed by atoms with E-state index in [1.54, 1.807) is 18.3 Å². The van der Waals surface area contributed by atoms with Crippen LogP contribution in [0, 0.1) is 0 Å². The van der Waals surface area contributed by atoms with Crippen LogP contribution in [0.2, 0.25) is 0 Å². The Morgan fingerprint density at radius 1 is 1.50 bits per heavy atom. The number of rotatable bonds is 4. The second-order valence-corrected chi connectivity index (χ2v) is 6.07. The molecule has 0 spiro atoms. The SMILES string of the molecule is C=CCN(C(=O)OC(C)(C)C)c1ncc(Br)cc1C=C. The minimum atomic E-state index is -0.569. The van der Waals surface area contributed by atoms with Crippen molar-refractivity contribution in [1.29, 1.82) is 0 Å². The zero-order chi connectivity index (χ0) is 15.3. The molecule has 0 aromatic carbocycles. The van der Waals surface area contributed by atoms with Gasteiger partial charge in [0.15, 0.2) is 0 Å². The lowest BCUT2D eigenvalue weighted by Gasteiger charge is -2.26. The number of hydrogen-bond donors (Lipinski definition) is 0. The van der Waals surface area contributed by atoms with Crippen LogP contribution in [0.1, 0.15) is 26.3 Å². The van der Waals surface area contributed by atoms with E-state index in [0.29, 0.717) is 12.4 Å². The van der Waals surface area contributed by atoms with Crippen molar-refractivity contribution in [3.63, 3.8) is 0 Å². The van der Waals surface area contributed by atoms with Crippen LogP contribution >= 0.6 is 15.9 Å². The van der Waals surface area contributed by atoms with Crippen LogP contribution in [0.3, 0.4) is 0 Å². The van der Waals surface area contributed by atoms with Crippen LogP contribution in [-0.4, -0.2) is 23.2 Å². The molecule has 0 saturated heterocycles. The average molecular weight is 339 g/mol. The van der Waals surface area contributed by atoms with E-state index >= 15 is 0 Å². The minimum Gasteiger partial charge on any atom is -0.443 e. The third kappa shape index (κ3) is 4.49. The predicted molar refractivity (Wildman–Crippen MR) is 85.8 cm³/mol. The molecule has 1 amide bonds. The number of pyridine rings is 1. The monoisotopic (exact) mass is 338 g/mol. The number of carbonyl (C=O) groups is 1. The standard InChI is InChI=1S/C15H19BrN2O2/c1-6-8-18(14(19)20-15(3,4)5)13-11(7-2)9-12(16)10-17-13/h6-7,9-10H,1-2,8H2,3-5H3. The van der Waals surface area contributed by atoms with Gasteiger partial charge in [-0.2, -0.15) is 0 Å². The zero-order valence-corrected chi connectivity index (χ0v) is 13.6. The lowest BCUT2D eigenvalue weighted by Crippen LogP contribution is -2.37. The van der Waals surface area contributed by atoms with E-state index < -0.39 is 11.7 Å². The first-order valence-corrected chi connectivity index (χ1v) is 6.97. The molecule has 1 aromatic heterocycles. The highest BCUT2D eigenvalue weighted by atomic mass is 79.9. The third-order valence-corrected chi connectivity index (χ3v) is 2.70. The molecule has 5 heteroatoms. The summed E-state index contributed by atoms with van der Waals surface area (Å²) >= 11 is 3.35. The van der Waals surface area contributed by atoms with Gasteiger partial charge >= 0.3 is 6.09 Å². The van der Waals surface area contributed by atoms with Gasteiger partial charge in [0.05, 0.1) is 0 Å².